The molecule has 2 atom stereocenters. The molecule has 23 heavy (non-hydrogen) atoms. The van der Waals surface area contributed by atoms with Crippen LogP contribution in [0.4, 0.5) is 0 Å². The monoisotopic (exact) mass is 326 g/mol. The first kappa shape index (κ1) is 18.7. The van der Waals surface area contributed by atoms with Crippen molar-refractivity contribution in [3.8, 4) is 0 Å². The van der Waals surface area contributed by atoms with E-state index in [1.165, 1.54) is 32.1 Å². The Morgan fingerprint density at radius 2 is 1.87 bits per heavy atom. The Labute approximate surface area is 140 Å². The quantitative estimate of drug-likeness (QED) is 0.745. The molecule has 1 aliphatic carbocycles. The molecule has 1 saturated carbocycles. The molecule has 2 aliphatic rings. The number of carbonyl (C=O) groups is 1. The van der Waals surface area contributed by atoms with Gasteiger partial charge < -0.3 is 20.1 Å². The third kappa shape index (κ3) is 6.05. The highest BCUT2D eigenvalue weighted by Crippen LogP contribution is 2.28. The van der Waals surface area contributed by atoms with Gasteiger partial charge in [0.05, 0.1) is 19.3 Å². The maximum Gasteiger partial charge on any atom is 0.239 e. The summed E-state index contributed by atoms with van der Waals surface area (Å²) in [5, 5.41) is 0. The van der Waals surface area contributed by atoms with Crippen LogP contribution >= 0.6 is 0 Å². The number of carbonyl (C=O) groups excluding carboxylic acids is 1. The summed E-state index contributed by atoms with van der Waals surface area (Å²) in [6.07, 6.45) is 10.1. The van der Waals surface area contributed by atoms with Crippen LogP contribution in [0.2, 0.25) is 0 Å². The summed E-state index contributed by atoms with van der Waals surface area (Å²) in [6, 6.07) is -0.131. The molecule has 2 N–H and O–H groups in total. The van der Waals surface area contributed by atoms with Gasteiger partial charge in [-0.3, -0.25) is 4.79 Å². The van der Waals surface area contributed by atoms with Crippen LogP contribution in [0.25, 0.3) is 0 Å². The number of rotatable bonds is 8. The molecule has 5 heteroatoms. The lowest BCUT2D eigenvalue weighted by Crippen LogP contribution is -2.46. The first-order valence-electron chi connectivity index (χ1n) is 9.33. The molecule has 2 fully saturated rings. The normalized spacial score (nSPS) is 22.9. The molecule has 2 rings (SSSR count). The summed E-state index contributed by atoms with van der Waals surface area (Å²) in [4.78, 5) is 14.4. The van der Waals surface area contributed by atoms with Crippen molar-refractivity contribution >= 4 is 5.91 Å². The fourth-order valence-electron chi connectivity index (χ4n) is 3.74. The van der Waals surface area contributed by atoms with Crippen molar-refractivity contribution in [3.05, 3.63) is 0 Å². The van der Waals surface area contributed by atoms with Crippen LogP contribution in [0.15, 0.2) is 0 Å². The van der Waals surface area contributed by atoms with E-state index in [-0.39, 0.29) is 18.2 Å². The molecule has 1 saturated heterocycles. The summed E-state index contributed by atoms with van der Waals surface area (Å²) in [7, 11) is 1.90. The van der Waals surface area contributed by atoms with E-state index in [9.17, 15) is 4.79 Å². The van der Waals surface area contributed by atoms with Crippen LogP contribution in [0, 0.1) is 5.92 Å². The molecular formula is C18H34N2O3. The van der Waals surface area contributed by atoms with E-state index in [1.807, 2.05) is 11.9 Å². The summed E-state index contributed by atoms with van der Waals surface area (Å²) < 4.78 is 10.8. The van der Waals surface area contributed by atoms with Crippen LogP contribution in [0.5, 0.6) is 0 Å². The lowest BCUT2D eigenvalue weighted by atomic mass is 9.85. The summed E-state index contributed by atoms with van der Waals surface area (Å²) >= 11 is 0. The number of likely N-dealkylation sites (N-methyl/N-ethyl adjacent to an activating group) is 1. The third-order valence-electron chi connectivity index (χ3n) is 5.37. The molecule has 0 bridgehead atoms. The van der Waals surface area contributed by atoms with Gasteiger partial charge in [0.15, 0.2) is 6.29 Å². The Hall–Kier alpha value is -0.650. The number of ether oxygens (including phenoxy) is 2. The zero-order valence-corrected chi connectivity index (χ0v) is 14.8. The molecule has 0 aromatic carbocycles. The van der Waals surface area contributed by atoms with E-state index in [1.54, 1.807) is 0 Å². The van der Waals surface area contributed by atoms with Gasteiger partial charge in [0.2, 0.25) is 5.91 Å². The van der Waals surface area contributed by atoms with Gasteiger partial charge in [0, 0.05) is 13.1 Å². The minimum atomic E-state index is -0.407. The van der Waals surface area contributed by atoms with Crippen molar-refractivity contribution in [1.29, 1.82) is 0 Å². The van der Waals surface area contributed by atoms with Crippen LogP contribution in [0.1, 0.15) is 64.7 Å². The highest BCUT2D eigenvalue weighted by atomic mass is 16.7. The van der Waals surface area contributed by atoms with E-state index in [0.717, 1.165) is 25.2 Å². The van der Waals surface area contributed by atoms with Gasteiger partial charge in [-0.25, -0.2) is 0 Å². The molecule has 0 aromatic heterocycles. The fourth-order valence-corrected chi connectivity index (χ4v) is 3.74. The second-order valence-electron chi connectivity index (χ2n) is 7.25. The molecular weight excluding hydrogens is 292 g/mol. The fraction of sp³-hybridized carbons (Fsp3) is 0.944. The standard InChI is InChI=1S/C18H34N2O3/c1-14(13-15-7-4-3-5-8-15)20(2)18(21)16(19)9-6-10-17-22-11-12-23-17/h14-17H,3-13,19H2,1-2H3/t14-,16+/m1/s1. The Kier molecular flexibility index (Phi) is 7.80. The van der Waals surface area contributed by atoms with E-state index in [2.05, 4.69) is 6.92 Å². The van der Waals surface area contributed by atoms with Gasteiger partial charge in [-0.05, 0) is 38.5 Å². The van der Waals surface area contributed by atoms with Gasteiger partial charge in [-0.2, -0.15) is 0 Å². The Morgan fingerprint density at radius 3 is 2.52 bits per heavy atom. The van der Waals surface area contributed by atoms with Crippen molar-refractivity contribution in [2.45, 2.75) is 83.1 Å². The molecule has 1 aliphatic heterocycles. The van der Waals surface area contributed by atoms with Gasteiger partial charge in [0.1, 0.15) is 0 Å². The third-order valence-corrected chi connectivity index (χ3v) is 5.37. The maximum absolute atomic E-state index is 12.5. The Balaban J connectivity index is 1.66. The lowest BCUT2D eigenvalue weighted by molar-refractivity contribution is -0.133. The molecule has 0 unspecified atom stereocenters. The predicted octanol–water partition coefficient (Wildman–Crippen LogP) is 2.67. The van der Waals surface area contributed by atoms with E-state index in [0.29, 0.717) is 19.6 Å². The molecule has 1 amide bonds. The van der Waals surface area contributed by atoms with Crippen LogP contribution < -0.4 is 5.73 Å². The number of nitrogens with zero attached hydrogens (tertiary/aromatic N) is 1. The average molecular weight is 326 g/mol. The smallest absolute Gasteiger partial charge is 0.239 e. The largest absolute Gasteiger partial charge is 0.350 e. The zero-order chi connectivity index (χ0) is 16.7. The van der Waals surface area contributed by atoms with Crippen LogP contribution in [-0.2, 0) is 14.3 Å². The second-order valence-corrected chi connectivity index (χ2v) is 7.25. The molecule has 0 radical (unpaired) electrons. The van der Waals surface area contributed by atoms with Crippen molar-refractivity contribution in [3.63, 3.8) is 0 Å². The predicted molar refractivity (Wildman–Crippen MR) is 90.9 cm³/mol. The first-order valence-corrected chi connectivity index (χ1v) is 9.33. The van der Waals surface area contributed by atoms with Gasteiger partial charge in [-0.15, -0.1) is 0 Å². The number of amides is 1. The van der Waals surface area contributed by atoms with Gasteiger partial charge in [-0.1, -0.05) is 32.1 Å². The SMILES string of the molecule is C[C@H](CC1CCCCC1)N(C)C(=O)[C@@H](N)CCCC1OCCO1. The average Bonchev–Trinajstić information content (AvgIpc) is 3.07. The first-order chi connectivity index (χ1) is 11.1. The topological polar surface area (TPSA) is 64.8 Å². The highest BCUT2D eigenvalue weighted by Gasteiger charge is 2.25. The number of hydrogen-bond donors (Lipinski definition) is 1. The molecule has 1 heterocycles. The Morgan fingerprint density at radius 1 is 1.22 bits per heavy atom. The van der Waals surface area contributed by atoms with Crippen molar-refractivity contribution in [1.82, 2.24) is 4.90 Å². The van der Waals surface area contributed by atoms with E-state index < -0.39 is 6.04 Å². The maximum atomic E-state index is 12.5. The summed E-state index contributed by atoms with van der Waals surface area (Å²) in [5.41, 5.74) is 6.10. The molecule has 5 nitrogen and oxygen atoms in total. The van der Waals surface area contributed by atoms with E-state index in [4.69, 9.17) is 15.2 Å². The van der Waals surface area contributed by atoms with Crippen molar-refractivity contribution < 1.29 is 14.3 Å². The molecule has 0 aromatic rings. The molecule has 134 valence electrons. The molecule has 0 spiro atoms. The summed E-state index contributed by atoms with van der Waals surface area (Å²) in [6.45, 7) is 3.51. The van der Waals surface area contributed by atoms with Gasteiger partial charge >= 0.3 is 0 Å². The van der Waals surface area contributed by atoms with Crippen molar-refractivity contribution in [2.75, 3.05) is 20.3 Å². The Bertz CT molecular complexity index is 352. The lowest BCUT2D eigenvalue weighted by Gasteiger charge is -2.32. The minimum Gasteiger partial charge on any atom is -0.350 e. The van der Waals surface area contributed by atoms with E-state index >= 15 is 0 Å². The highest BCUT2D eigenvalue weighted by molar-refractivity contribution is 5.81. The van der Waals surface area contributed by atoms with Crippen LogP contribution in [0.3, 0.4) is 0 Å². The number of hydrogen-bond acceptors (Lipinski definition) is 4. The number of nitrogens with two attached hydrogens (primary N) is 1. The zero-order valence-electron chi connectivity index (χ0n) is 14.8. The minimum absolute atomic E-state index is 0.0709. The van der Waals surface area contributed by atoms with Crippen LogP contribution in [-0.4, -0.2) is 49.4 Å². The summed E-state index contributed by atoms with van der Waals surface area (Å²) in [5.74, 6) is 0.850. The van der Waals surface area contributed by atoms with Crippen molar-refractivity contribution in [2.24, 2.45) is 11.7 Å². The second kappa shape index (κ2) is 9.60. The van der Waals surface area contributed by atoms with Gasteiger partial charge in [0.25, 0.3) is 0 Å².